The zero-order valence-corrected chi connectivity index (χ0v) is 20.5. The molecule has 1 amide bonds. The van der Waals surface area contributed by atoms with E-state index in [1.165, 1.54) is 36.4 Å². The van der Waals surface area contributed by atoms with Gasteiger partial charge in [-0.05, 0) is 42.5 Å². The Morgan fingerprint density at radius 3 is 2.17 bits per heavy atom. The van der Waals surface area contributed by atoms with Crippen LogP contribution in [0.4, 0.5) is 17.1 Å². The Hall–Kier alpha value is -4.12. The number of amides is 1. The lowest BCUT2D eigenvalue weighted by Gasteiger charge is -2.37. The average Bonchev–Trinajstić information content (AvgIpc) is 2.92. The molecule has 1 aliphatic heterocycles. The van der Waals surface area contributed by atoms with Gasteiger partial charge in [-0.15, -0.1) is 0 Å². The highest BCUT2D eigenvalue weighted by molar-refractivity contribution is 7.92. The number of carbonyl (C=O) groups excluding carboxylic acids is 1. The average molecular weight is 511 g/mol. The first-order valence-corrected chi connectivity index (χ1v) is 12.7. The van der Waals surface area contributed by atoms with Gasteiger partial charge in [-0.3, -0.25) is 14.9 Å². The molecular formula is C25H26N4O6S. The first-order valence-electron chi connectivity index (χ1n) is 11.3. The van der Waals surface area contributed by atoms with Crippen LogP contribution in [-0.2, 0) is 14.8 Å². The lowest BCUT2D eigenvalue weighted by Crippen LogP contribution is -2.52. The summed E-state index contributed by atoms with van der Waals surface area (Å²) in [6.07, 6.45) is 0. The lowest BCUT2D eigenvalue weighted by atomic mass is 10.2. The van der Waals surface area contributed by atoms with Crippen LogP contribution >= 0.6 is 0 Å². The molecule has 0 saturated carbocycles. The Balaban J connectivity index is 1.56. The van der Waals surface area contributed by atoms with Crippen LogP contribution in [0, 0.1) is 10.1 Å². The van der Waals surface area contributed by atoms with E-state index >= 15 is 0 Å². The Morgan fingerprint density at radius 2 is 1.56 bits per heavy atom. The molecule has 0 radical (unpaired) electrons. The minimum absolute atomic E-state index is 0.0553. The van der Waals surface area contributed by atoms with E-state index in [1.807, 2.05) is 24.3 Å². The van der Waals surface area contributed by atoms with Gasteiger partial charge >= 0.3 is 0 Å². The van der Waals surface area contributed by atoms with Crippen LogP contribution < -0.4 is 13.9 Å². The van der Waals surface area contributed by atoms with Gasteiger partial charge in [-0.25, -0.2) is 12.7 Å². The van der Waals surface area contributed by atoms with E-state index in [1.54, 1.807) is 30.2 Å². The van der Waals surface area contributed by atoms with Gasteiger partial charge in [0.1, 0.15) is 18.0 Å². The molecule has 36 heavy (non-hydrogen) atoms. The zero-order valence-electron chi connectivity index (χ0n) is 19.7. The topological polar surface area (TPSA) is 113 Å². The van der Waals surface area contributed by atoms with Crippen LogP contribution in [0.5, 0.6) is 5.75 Å². The maximum Gasteiger partial charge on any atom is 0.293 e. The molecule has 0 atom stereocenters. The fourth-order valence-corrected chi connectivity index (χ4v) is 5.53. The van der Waals surface area contributed by atoms with Crippen molar-refractivity contribution in [1.82, 2.24) is 4.90 Å². The molecule has 188 valence electrons. The quantitative estimate of drug-likeness (QED) is 0.338. The molecule has 0 bridgehead atoms. The third-order valence-corrected chi connectivity index (χ3v) is 7.80. The summed E-state index contributed by atoms with van der Waals surface area (Å²) in [5.41, 5.74) is 0.446. The zero-order chi connectivity index (χ0) is 25.7. The number of para-hydroxylation sites is 2. The first kappa shape index (κ1) is 25.0. The molecule has 10 nitrogen and oxygen atoms in total. The molecule has 0 unspecified atom stereocenters. The molecule has 11 heteroatoms. The van der Waals surface area contributed by atoms with Crippen molar-refractivity contribution in [2.24, 2.45) is 0 Å². The summed E-state index contributed by atoms with van der Waals surface area (Å²) < 4.78 is 33.1. The van der Waals surface area contributed by atoms with Crippen LogP contribution in [0.3, 0.4) is 0 Å². The number of methoxy groups -OCH3 is 1. The Labute approximate surface area is 209 Å². The predicted molar refractivity (Wildman–Crippen MR) is 136 cm³/mol. The molecule has 1 saturated heterocycles. The number of anilines is 2. The molecule has 1 fully saturated rings. The van der Waals surface area contributed by atoms with E-state index in [4.69, 9.17) is 4.74 Å². The molecule has 0 aromatic heterocycles. The van der Waals surface area contributed by atoms with Crippen molar-refractivity contribution in [2.75, 3.05) is 49.0 Å². The van der Waals surface area contributed by atoms with E-state index in [2.05, 4.69) is 4.90 Å². The van der Waals surface area contributed by atoms with Gasteiger partial charge in [-0.1, -0.05) is 30.3 Å². The van der Waals surface area contributed by atoms with Gasteiger partial charge in [0.05, 0.1) is 16.9 Å². The monoisotopic (exact) mass is 510 g/mol. The van der Waals surface area contributed by atoms with E-state index in [0.29, 0.717) is 26.2 Å². The third-order valence-electron chi connectivity index (χ3n) is 6.03. The Bertz CT molecular complexity index is 1320. The molecule has 3 aromatic rings. The summed E-state index contributed by atoms with van der Waals surface area (Å²) in [5.74, 6) is 0.323. The standard InChI is InChI=1S/C25H26N4O6S/c1-35-21-13-11-20(12-14-21)26-15-17-27(18-16-26)25(30)19-28(23-9-5-6-10-24(23)29(31)32)36(33,34)22-7-3-2-4-8-22/h2-14H,15-19H2,1H3. The number of nitrogens with zero attached hydrogens (tertiary/aromatic N) is 4. The lowest BCUT2D eigenvalue weighted by molar-refractivity contribution is -0.384. The fourth-order valence-electron chi connectivity index (χ4n) is 4.08. The van der Waals surface area contributed by atoms with Gasteiger partial charge in [-0.2, -0.15) is 0 Å². The fraction of sp³-hybridized carbons (Fsp3) is 0.240. The van der Waals surface area contributed by atoms with Gasteiger partial charge in [0, 0.05) is 37.9 Å². The van der Waals surface area contributed by atoms with Gasteiger partial charge in [0.2, 0.25) is 5.91 Å². The number of carbonyl (C=O) groups is 1. The number of hydrogen-bond acceptors (Lipinski definition) is 7. The number of piperazine rings is 1. The van der Waals surface area contributed by atoms with Crippen LogP contribution in [-0.4, -0.2) is 64.0 Å². The summed E-state index contributed by atoms with van der Waals surface area (Å²) >= 11 is 0. The van der Waals surface area contributed by atoms with Crippen molar-refractivity contribution >= 4 is 33.0 Å². The molecule has 1 aliphatic rings. The van der Waals surface area contributed by atoms with Gasteiger partial charge in [0.15, 0.2) is 0 Å². The van der Waals surface area contributed by atoms with E-state index in [-0.39, 0.29) is 10.6 Å². The number of nitro benzene ring substituents is 1. The molecule has 0 aliphatic carbocycles. The Morgan fingerprint density at radius 1 is 0.944 bits per heavy atom. The number of nitro groups is 1. The van der Waals surface area contributed by atoms with Gasteiger partial charge < -0.3 is 14.5 Å². The number of rotatable bonds is 8. The second-order valence-electron chi connectivity index (χ2n) is 8.14. The largest absolute Gasteiger partial charge is 0.497 e. The number of benzene rings is 3. The molecule has 0 spiro atoms. The SMILES string of the molecule is COc1ccc(N2CCN(C(=O)CN(c3ccccc3[N+](=O)[O-])S(=O)(=O)c3ccccc3)CC2)cc1. The Kier molecular flexibility index (Phi) is 7.39. The summed E-state index contributed by atoms with van der Waals surface area (Å²) in [6.45, 7) is 1.36. The van der Waals surface area contributed by atoms with E-state index in [9.17, 15) is 23.3 Å². The predicted octanol–water partition coefficient (Wildman–Crippen LogP) is 3.15. The highest BCUT2D eigenvalue weighted by atomic mass is 32.2. The number of ether oxygens (including phenoxy) is 1. The summed E-state index contributed by atoms with van der Waals surface area (Å²) in [6, 6.07) is 20.7. The molecule has 3 aromatic carbocycles. The van der Waals surface area contributed by atoms with E-state index < -0.39 is 33.1 Å². The molecular weight excluding hydrogens is 484 g/mol. The molecule has 4 rings (SSSR count). The minimum Gasteiger partial charge on any atom is -0.497 e. The van der Waals surface area contributed by atoms with Crippen molar-refractivity contribution in [2.45, 2.75) is 4.90 Å². The van der Waals surface area contributed by atoms with Gasteiger partial charge in [0.25, 0.3) is 15.7 Å². The first-order chi connectivity index (χ1) is 17.3. The second-order valence-corrected chi connectivity index (χ2v) is 10.00. The van der Waals surface area contributed by atoms with Crippen molar-refractivity contribution < 1.29 is 22.9 Å². The van der Waals surface area contributed by atoms with Crippen LogP contribution in [0.15, 0.2) is 83.8 Å². The minimum atomic E-state index is -4.25. The normalized spacial score (nSPS) is 13.8. The molecule has 0 N–H and O–H groups in total. The molecule has 1 heterocycles. The maximum atomic E-state index is 13.5. The second kappa shape index (κ2) is 10.6. The summed E-state index contributed by atoms with van der Waals surface area (Å²) in [5, 5.41) is 11.7. The third kappa shape index (κ3) is 5.25. The van der Waals surface area contributed by atoms with Crippen LogP contribution in [0.25, 0.3) is 0 Å². The van der Waals surface area contributed by atoms with Crippen LogP contribution in [0.1, 0.15) is 0 Å². The van der Waals surface area contributed by atoms with E-state index in [0.717, 1.165) is 15.7 Å². The summed E-state index contributed by atoms with van der Waals surface area (Å²) in [4.78, 5) is 28.0. The highest BCUT2D eigenvalue weighted by Gasteiger charge is 2.33. The van der Waals surface area contributed by atoms with Crippen molar-refractivity contribution in [3.05, 3.63) is 89.0 Å². The van der Waals surface area contributed by atoms with Crippen molar-refractivity contribution in [3.8, 4) is 5.75 Å². The van der Waals surface area contributed by atoms with Crippen LogP contribution in [0.2, 0.25) is 0 Å². The number of sulfonamides is 1. The van der Waals surface area contributed by atoms with Crippen molar-refractivity contribution in [3.63, 3.8) is 0 Å². The highest BCUT2D eigenvalue weighted by Crippen LogP contribution is 2.32. The van der Waals surface area contributed by atoms with Crippen molar-refractivity contribution in [1.29, 1.82) is 0 Å². The summed E-state index contributed by atoms with van der Waals surface area (Å²) in [7, 11) is -2.64. The smallest absolute Gasteiger partial charge is 0.293 e. The number of hydrogen-bond donors (Lipinski definition) is 0. The maximum absolute atomic E-state index is 13.5.